The lowest BCUT2D eigenvalue weighted by molar-refractivity contribution is 0.0292. The second kappa shape index (κ2) is 7.41. The normalized spacial score (nSPS) is 27.1. The van der Waals surface area contributed by atoms with E-state index < -0.39 is 0 Å². The van der Waals surface area contributed by atoms with Gasteiger partial charge in [-0.1, -0.05) is 69.2 Å². The quantitative estimate of drug-likeness (QED) is 0.490. The van der Waals surface area contributed by atoms with Crippen LogP contribution in [0.25, 0.3) is 11.1 Å². The summed E-state index contributed by atoms with van der Waals surface area (Å²) in [5, 5.41) is 0. The van der Waals surface area contributed by atoms with Crippen LogP contribution in [0.5, 0.6) is 0 Å². The molecule has 0 radical (unpaired) electrons. The molecule has 3 aliphatic rings. The van der Waals surface area contributed by atoms with Gasteiger partial charge in [0.05, 0.1) is 0 Å². The van der Waals surface area contributed by atoms with Crippen molar-refractivity contribution in [1.29, 1.82) is 0 Å². The number of halogens is 1. The number of rotatable bonds is 6. The maximum Gasteiger partial charge on any atom is 0.134 e. The molecule has 0 aromatic heterocycles. The Morgan fingerprint density at radius 1 is 0.852 bits per heavy atom. The first-order valence-electron chi connectivity index (χ1n) is 11.0. The molecule has 1 heteroatoms. The summed E-state index contributed by atoms with van der Waals surface area (Å²) in [6.07, 6.45) is 12.4. The zero-order chi connectivity index (χ0) is 18.9. The van der Waals surface area contributed by atoms with Crippen molar-refractivity contribution >= 4 is 0 Å². The van der Waals surface area contributed by atoms with E-state index in [0.717, 1.165) is 23.1 Å². The van der Waals surface area contributed by atoms with Crippen LogP contribution in [0, 0.1) is 11.2 Å². The monoisotopic (exact) mass is 364 g/mol. The lowest BCUT2D eigenvalue weighted by Crippen LogP contribution is -2.44. The van der Waals surface area contributed by atoms with Gasteiger partial charge in [0.15, 0.2) is 0 Å². The highest BCUT2D eigenvalue weighted by molar-refractivity contribution is 5.66. The number of fused-ring (bicyclic) bond motifs is 3. The van der Waals surface area contributed by atoms with Crippen molar-refractivity contribution in [2.24, 2.45) is 5.41 Å². The van der Waals surface area contributed by atoms with Crippen molar-refractivity contribution < 1.29 is 4.39 Å². The van der Waals surface area contributed by atoms with Crippen LogP contribution in [-0.4, -0.2) is 0 Å². The Bertz CT molecular complexity index is 762. The molecule has 27 heavy (non-hydrogen) atoms. The fourth-order valence-corrected chi connectivity index (χ4v) is 5.68. The van der Waals surface area contributed by atoms with Gasteiger partial charge < -0.3 is 0 Å². The molecule has 0 nitrogen and oxygen atoms in total. The number of aryl methyl sites for hydroxylation is 1. The van der Waals surface area contributed by atoms with Crippen LogP contribution >= 0.6 is 0 Å². The van der Waals surface area contributed by atoms with Gasteiger partial charge in [0.25, 0.3) is 0 Å². The minimum absolute atomic E-state index is 0.0321. The average molecular weight is 365 g/mol. The Kier molecular flexibility index (Phi) is 5.14. The van der Waals surface area contributed by atoms with Crippen molar-refractivity contribution in [2.75, 3.05) is 0 Å². The van der Waals surface area contributed by atoms with Crippen LogP contribution in [0.4, 0.5) is 4.39 Å². The molecule has 3 aliphatic carbocycles. The number of unbranched alkanes of at least 4 members (excludes halogenated alkanes) is 1. The van der Waals surface area contributed by atoms with Crippen LogP contribution in [0.15, 0.2) is 42.5 Å². The van der Waals surface area contributed by atoms with Gasteiger partial charge in [-0.25, -0.2) is 4.39 Å². The summed E-state index contributed by atoms with van der Waals surface area (Å²) >= 11 is 0. The Balaban J connectivity index is 1.62. The van der Waals surface area contributed by atoms with Crippen LogP contribution in [0.3, 0.4) is 0 Å². The van der Waals surface area contributed by atoms with E-state index in [4.69, 9.17) is 0 Å². The molecule has 0 unspecified atom stereocenters. The molecule has 5 rings (SSSR count). The number of hydrogen-bond acceptors (Lipinski definition) is 0. The fraction of sp³-hybridized carbons (Fsp3) is 0.538. The summed E-state index contributed by atoms with van der Waals surface area (Å²) < 4.78 is 15.7. The molecule has 0 atom stereocenters. The van der Waals surface area contributed by atoms with E-state index in [0.29, 0.717) is 5.41 Å². The zero-order valence-corrected chi connectivity index (χ0v) is 17.0. The molecule has 3 fully saturated rings. The number of benzene rings is 2. The van der Waals surface area contributed by atoms with E-state index in [1.807, 2.05) is 6.07 Å². The van der Waals surface area contributed by atoms with Gasteiger partial charge in [-0.15, -0.1) is 0 Å². The summed E-state index contributed by atoms with van der Waals surface area (Å²) in [7, 11) is 0. The molecule has 0 aliphatic heterocycles. The van der Waals surface area contributed by atoms with Gasteiger partial charge in [0.2, 0.25) is 0 Å². The lowest BCUT2D eigenvalue weighted by atomic mass is 9.50. The van der Waals surface area contributed by atoms with E-state index in [-0.39, 0.29) is 11.2 Å². The van der Waals surface area contributed by atoms with Crippen molar-refractivity contribution in [3.05, 3.63) is 59.4 Å². The molecule has 3 saturated carbocycles. The van der Waals surface area contributed by atoms with Crippen molar-refractivity contribution in [2.45, 2.75) is 83.5 Å². The molecule has 0 heterocycles. The highest BCUT2D eigenvalue weighted by Gasteiger charge is 2.49. The topological polar surface area (TPSA) is 0 Å². The van der Waals surface area contributed by atoms with Gasteiger partial charge in [-0.3, -0.25) is 0 Å². The van der Waals surface area contributed by atoms with E-state index in [1.165, 1.54) is 63.4 Å². The molecule has 0 saturated heterocycles. The molecule has 0 amide bonds. The van der Waals surface area contributed by atoms with Gasteiger partial charge in [-0.2, -0.15) is 0 Å². The lowest BCUT2D eigenvalue weighted by Gasteiger charge is -2.54. The zero-order valence-electron chi connectivity index (χ0n) is 17.0. The van der Waals surface area contributed by atoms with E-state index in [1.54, 1.807) is 0 Å². The second-order valence-corrected chi connectivity index (χ2v) is 9.10. The molecule has 144 valence electrons. The van der Waals surface area contributed by atoms with Crippen LogP contribution in [0.2, 0.25) is 0 Å². The Morgan fingerprint density at radius 2 is 1.52 bits per heavy atom. The summed E-state index contributed by atoms with van der Waals surface area (Å²) in [6, 6.07) is 14.5. The van der Waals surface area contributed by atoms with E-state index in [9.17, 15) is 0 Å². The molecule has 0 N–H and O–H groups in total. The van der Waals surface area contributed by atoms with Crippen molar-refractivity contribution in [3.8, 4) is 11.1 Å². The first-order valence-corrected chi connectivity index (χ1v) is 11.0. The molecular weight excluding hydrogens is 331 g/mol. The van der Waals surface area contributed by atoms with Gasteiger partial charge in [-0.05, 0) is 78.9 Å². The Morgan fingerprint density at radius 3 is 2.11 bits per heavy atom. The maximum absolute atomic E-state index is 15.7. The largest absolute Gasteiger partial charge is 0.206 e. The smallest absolute Gasteiger partial charge is 0.134 e. The third-order valence-electron chi connectivity index (χ3n) is 7.71. The molecular formula is C26H33F. The SMILES string of the molecule is CCCCC12CCC(c3cccc(-c4ccc(CC)cc4)c3F)(CC1)CC2. The average Bonchev–Trinajstić information content (AvgIpc) is 2.74. The number of hydrogen-bond donors (Lipinski definition) is 0. The molecule has 2 aromatic rings. The van der Waals surface area contributed by atoms with E-state index in [2.05, 4.69) is 50.2 Å². The van der Waals surface area contributed by atoms with Crippen molar-refractivity contribution in [1.82, 2.24) is 0 Å². The first-order chi connectivity index (χ1) is 13.1. The first kappa shape index (κ1) is 18.7. The highest BCUT2D eigenvalue weighted by Crippen LogP contribution is 2.60. The van der Waals surface area contributed by atoms with Gasteiger partial charge in [0.1, 0.15) is 5.82 Å². The van der Waals surface area contributed by atoms with Crippen LogP contribution in [-0.2, 0) is 11.8 Å². The third kappa shape index (κ3) is 3.35. The van der Waals surface area contributed by atoms with Crippen LogP contribution in [0.1, 0.15) is 82.8 Å². The minimum Gasteiger partial charge on any atom is -0.206 e. The van der Waals surface area contributed by atoms with Crippen molar-refractivity contribution in [3.63, 3.8) is 0 Å². The summed E-state index contributed by atoms with van der Waals surface area (Å²) in [6.45, 7) is 4.45. The fourth-order valence-electron chi connectivity index (χ4n) is 5.68. The molecule has 2 bridgehead atoms. The standard InChI is InChI=1S/C26H33F/c1-3-5-13-25-14-17-26(18-15-25,19-16-25)23-8-6-7-22(24(23)27)21-11-9-20(4-2)10-12-21/h6-12H,3-5,13-19H2,1-2H3. The summed E-state index contributed by atoms with van der Waals surface area (Å²) in [4.78, 5) is 0. The highest BCUT2D eigenvalue weighted by atomic mass is 19.1. The third-order valence-corrected chi connectivity index (χ3v) is 7.71. The Hall–Kier alpha value is -1.63. The molecule has 2 aromatic carbocycles. The van der Waals surface area contributed by atoms with Gasteiger partial charge in [0, 0.05) is 5.56 Å². The minimum atomic E-state index is 0.0321. The summed E-state index contributed by atoms with van der Waals surface area (Å²) in [5.74, 6) is 0.0321. The molecule has 0 spiro atoms. The summed E-state index contributed by atoms with van der Waals surface area (Å²) in [5.41, 5.74) is 4.73. The van der Waals surface area contributed by atoms with E-state index >= 15 is 4.39 Å². The predicted molar refractivity (Wildman–Crippen MR) is 113 cm³/mol. The van der Waals surface area contributed by atoms with Crippen LogP contribution < -0.4 is 0 Å². The maximum atomic E-state index is 15.7. The second-order valence-electron chi connectivity index (χ2n) is 9.10. The van der Waals surface area contributed by atoms with Gasteiger partial charge >= 0.3 is 0 Å². The Labute approximate surface area is 164 Å². The predicted octanol–water partition coefficient (Wildman–Crippen LogP) is 7.84.